The number of nitrogens with zero attached hydrogens (tertiary/aromatic N) is 2. The van der Waals surface area contributed by atoms with Crippen LogP contribution in [0, 0.1) is 0 Å². The lowest BCUT2D eigenvalue weighted by Crippen LogP contribution is -2.44. The zero-order chi connectivity index (χ0) is 35.3. The van der Waals surface area contributed by atoms with Crippen LogP contribution in [0.5, 0.6) is 5.75 Å². The van der Waals surface area contributed by atoms with Crippen molar-refractivity contribution in [3.8, 4) is 16.9 Å². The molecule has 0 radical (unpaired) electrons. The number of hydrogen-bond donors (Lipinski definition) is 3. The Morgan fingerprint density at radius 3 is 2.68 bits per heavy atom. The number of carbonyl (C=O) groups excluding carboxylic acids is 2. The van der Waals surface area contributed by atoms with Gasteiger partial charge in [-0.2, -0.15) is 0 Å². The lowest BCUT2D eigenvalue weighted by molar-refractivity contribution is -0.140. The summed E-state index contributed by atoms with van der Waals surface area (Å²) in [5.74, 6) is 1.23. The third-order valence-corrected chi connectivity index (χ3v) is 10.2. The highest BCUT2D eigenvalue weighted by Crippen LogP contribution is 2.53. The van der Waals surface area contributed by atoms with Crippen LogP contribution in [0.3, 0.4) is 0 Å². The maximum absolute atomic E-state index is 13.0. The Balaban J connectivity index is 1.17. The number of aliphatic hydroxyl groups excluding tert-OH is 2. The van der Waals surface area contributed by atoms with Gasteiger partial charge in [-0.3, -0.25) is 9.78 Å². The Morgan fingerprint density at radius 1 is 1.10 bits per heavy atom. The number of alkyl carbamates (subject to hydrolysis) is 1. The summed E-state index contributed by atoms with van der Waals surface area (Å²) in [5.41, 5.74) is 3.65. The van der Waals surface area contributed by atoms with E-state index in [4.69, 9.17) is 30.9 Å². The van der Waals surface area contributed by atoms with E-state index >= 15 is 0 Å². The molecule has 5 rings (SSSR count). The summed E-state index contributed by atoms with van der Waals surface area (Å²) in [6.07, 6.45) is 8.32. The standard InChI is InChI=1S/C38H48ClN3O7S/c1-2-47-37(46)41-19-21-42(36(45)34(44)9-5-6-22-43)20-7-23-50-29-13-14-33(39)27(24-29)26-48-38(16-17-38)32-25-40-18-15-30(32)31-8-3-4-10-35(31)49-28-11-12-28/h3-4,8,10,13-15,18,24-25,28,34,43-44H,2,5-7,9,11-12,16-17,19-23,26H2,1H3,(H,41,46). The average Bonchev–Trinajstić information content (AvgIpc) is 4.07. The minimum Gasteiger partial charge on any atom is -0.490 e. The van der Waals surface area contributed by atoms with Crippen molar-refractivity contribution in [3.63, 3.8) is 0 Å². The summed E-state index contributed by atoms with van der Waals surface area (Å²) in [6, 6.07) is 16.1. The zero-order valence-electron chi connectivity index (χ0n) is 28.7. The first-order valence-electron chi connectivity index (χ1n) is 17.6. The number of amides is 2. The van der Waals surface area contributed by atoms with Crippen LogP contribution in [-0.2, 0) is 26.5 Å². The van der Waals surface area contributed by atoms with Gasteiger partial charge in [-0.25, -0.2) is 4.79 Å². The van der Waals surface area contributed by atoms with Crippen molar-refractivity contribution in [3.05, 3.63) is 77.1 Å². The van der Waals surface area contributed by atoms with Crippen molar-refractivity contribution in [2.45, 2.75) is 87.6 Å². The molecular weight excluding hydrogens is 678 g/mol. The molecular formula is C38H48ClN3O7S. The Morgan fingerprint density at radius 2 is 1.92 bits per heavy atom. The van der Waals surface area contributed by atoms with Gasteiger partial charge in [-0.1, -0.05) is 29.8 Å². The normalized spacial score (nSPS) is 15.3. The van der Waals surface area contributed by atoms with E-state index in [0.29, 0.717) is 43.5 Å². The second-order valence-electron chi connectivity index (χ2n) is 12.7. The van der Waals surface area contributed by atoms with Crippen LogP contribution in [0.2, 0.25) is 5.02 Å². The average molecular weight is 726 g/mol. The number of hydrogen-bond acceptors (Lipinski definition) is 9. The molecule has 2 aromatic carbocycles. The highest BCUT2D eigenvalue weighted by atomic mass is 35.5. The minimum atomic E-state index is -1.15. The lowest BCUT2D eigenvalue weighted by atomic mass is 9.96. The smallest absolute Gasteiger partial charge is 0.407 e. The maximum Gasteiger partial charge on any atom is 0.407 e. The second-order valence-corrected chi connectivity index (χ2v) is 14.3. The largest absolute Gasteiger partial charge is 0.490 e. The maximum atomic E-state index is 13.0. The molecule has 2 fully saturated rings. The van der Waals surface area contributed by atoms with Gasteiger partial charge in [0, 0.05) is 59.7 Å². The van der Waals surface area contributed by atoms with Crippen molar-refractivity contribution < 1.29 is 34.0 Å². The molecule has 2 saturated carbocycles. The summed E-state index contributed by atoms with van der Waals surface area (Å²) < 4.78 is 17.8. The molecule has 1 aromatic heterocycles. The van der Waals surface area contributed by atoms with Gasteiger partial charge in [-0.05, 0) is 106 Å². The van der Waals surface area contributed by atoms with Crippen molar-refractivity contribution in [1.82, 2.24) is 15.2 Å². The number of halogens is 1. The Hall–Kier alpha value is -3.35. The molecule has 0 aliphatic heterocycles. The Bertz CT molecular complexity index is 1570. The summed E-state index contributed by atoms with van der Waals surface area (Å²) in [5, 5.41) is 22.8. The highest BCUT2D eigenvalue weighted by molar-refractivity contribution is 7.99. The fourth-order valence-electron chi connectivity index (χ4n) is 5.76. The molecule has 0 spiro atoms. The molecule has 1 atom stereocenters. The lowest BCUT2D eigenvalue weighted by Gasteiger charge is -2.25. The van der Waals surface area contributed by atoms with Gasteiger partial charge in [0.2, 0.25) is 0 Å². The van der Waals surface area contributed by atoms with Crippen LogP contribution in [0.25, 0.3) is 11.1 Å². The van der Waals surface area contributed by atoms with Gasteiger partial charge < -0.3 is 34.6 Å². The topological polar surface area (TPSA) is 130 Å². The first-order valence-corrected chi connectivity index (χ1v) is 18.9. The summed E-state index contributed by atoms with van der Waals surface area (Å²) >= 11 is 8.32. The van der Waals surface area contributed by atoms with E-state index in [-0.39, 0.29) is 38.6 Å². The number of nitrogens with one attached hydrogen (secondary N) is 1. The molecule has 10 nitrogen and oxygen atoms in total. The predicted octanol–water partition coefficient (Wildman–Crippen LogP) is 6.73. The number of rotatable bonds is 21. The van der Waals surface area contributed by atoms with E-state index < -0.39 is 17.8 Å². The third-order valence-electron chi connectivity index (χ3n) is 8.78. The van der Waals surface area contributed by atoms with Gasteiger partial charge in [0.15, 0.2) is 0 Å². The van der Waals surface area contributed by atoms with Crippen LogP contribution >= 0.6 is 23.4 Å². The fraction of sp³-hybridized carbons (Fsp3) is 0.500. The van der Waals surface area contributed by atoms with Gasteiger partial charge in [0.05, 0.1) is 24.9 Å². The van der Waals surface area contributed by atoms with Crippen LogP contribution in [0.4, 0.5) is 4.79 Å². The number of unbranched alkanes of at least 4 members (excludes halogenated alkanes) is 1. The number of ether oxygens (including phenoxy) is 3. The summed E-state index contributed by atoms with van der Waals surface area (Å²) in [6.45, 7) is 3.23. The molecule has 2 aliphatic carbocycles. The van der Waals surface area contributed by atoms with Gasteiger partial charge in [0.1, 0.15) is 11.9 Å². The second kappa shape index (κ2) is 18.8. The molecule has 1 unspecified atom stereocenters. The van der Waals surface area contributed by atoms with E-state index in [0.717, 1.165) is 64.3 Å². The number of para-hydroxylation sites is 1. The Kier molecular flexibility index (Phi) is 14.2. The van der Waals surface area contributed by atoms with Crippen molar-refractivity contribution in [2.75, 3.05) is 38.6 Å². The molecule has 3 aromatic rings. The van der Waals surface area contributed by atoms with E-state index in [1.54, 1.807) is 23.6 Å². The van der Waals surface area contributed by atoms with Crippen LogP contribution in [0.1, 0.15) is 69.4 Å². The summed E-state index contributed by atoms with van der Waals surface area (Å²) in [7, 11) is 0. The molecule has 1 heterocycles. The molecule has 0 bridgehead atoms. The number of aromatic nitrogens is 1. The molecule has 2 amide bonds. The number of aliphatic hydroxyl groups is 2. The van der Waals surface area contributed by atoms with E-state index in [1.807, 2.05) is 48.8 Å². The zero-order valence-corrected chi connectivity index (χ0v) is 30.2. The fourth-order valence-corrected chi connectivity index (χ4v) is 6.83. The number of benzene rings is 2. The first kappa shape index (κ1) is 37.9. The van der Waals surface area contributed by atoms with Crippen molar-refractivity contribution in [1.29, 1.82) is 0 Å². The quantitative estimate of drug-likeness (QED) is 0.0809. The van der Waals surface area contributed by atoms with Crippen LogP contribution in [-0.4, -0.2) is 82.9 Å². The van der Waals surface area contributed by atoms with E-state index in [1.165, 1.54) is 0 Å². The van der Waals surface area contributed by atoms with Gasteiger partial charge >= 0.3 is 6.09 Å². The van der Waals surface area contributed by atoms with Crippen molar-refractivity contribution in [2.24, 2.45) is 0 Å². The number of pyridine rings is 1. The monoisotopic (exact) mass is 725 g/mol. The minimum absolute atomic E-state index is 0.0152. The first-order chi connectivity index (χ1) is 24.3. The van der Waals surface area contributed by atoms with Gasteiger partial charge in [-0.15, -0.1) is 11.8 Å². The molecule has 2 aliphatic rings. The van der Waals surface area contributed by atoms with E-state index in [2.05, 4.69) is 22.4 Å². The highest BCUT2D eigenvalue weighted by Gasteiger charge is 2.48. The molecule has 12 heteroatoms. The van der Waals surface area contributed by atoms with Crippen molar-refractivity contribution >= 4 is 35.4 Å². The van der Waals surface area contributed by atoms with Crippen LogP contribution in [0.15, 0.2) is 65.8 Å². The summed E-state index contributed by atoms with van der Waals surface area (Å²) in [4.78, 5) is 31.8. The number of carbonyl (C=O) groups is 2. The predicted molar refractivity (Wildman–Crippen MR) is 194 cm³/mol. The Labute approximate surface area is 303 Å². The van der Waals surface area contributed by atoms with E-state index in [9.17, 15) is 14.7 Å². The molecule has 50 heavy (non-hydrogen) atoms. The number of thioether (sulfide) groups is 1. The van der Waals surface area contributed by atoms with Gasteiger partial charge in [0.25, 0.3) is 5.91 Å². The third kappa shape index (κ3) is 10.8. The molecule has 270 valence electrons. The SMILES string of the molecule is CCOC(=O)NCCN(CCCSc1ccc(Cl)c(COC2(c3cnccc3-c3ccccc3OC3CC3)CC2)c1)C(=O)C(O)CCCCO. The molecule has 0 saturated heterocycles. The molecule has 3 N–H and O–H groups in total. The van der Waals surface area contributed by atoms with Crippen LogP contribution < -0.4 is 10.1 Å².